The smallest absolute Gasteiger partial charge is 0.264 e. The second-order valence-electron chi connectivity index (χ2n) is 9.08. The summed E-state index contributed by atoms with van der Waals surface area (Å²) in [7, 11) is 0. The van der Waals surface area contributed by atoms with E-state index in [1.807, 2.05) is 55.5 Å². The van der Waals surface area contributed by atoms with Gasteiger partial charge in [0.15, 0.2) is 5.65 Å². The van der Waals surface area contributed by atoms with E-state index in [2.05, 4.69) is 32.4 Å². The lowest BCUT2D eigenvalue weighted by atomic mass is 10.0. The summed E-state index contributed by atoms with van der Waals surface area (Å²) in [5.74, 6) is 5.42. The van der Waals surface area contributed by atoms with Gasteiger partial charge in [-0.2, -0.15) is 0 Å². The number of aryl methyl sites for hydroxylation is 1. The van der Waals surface area contributed by atoms with Crippen molar-refractivity contribution in [1.29, 1.82) is 0 Å². The number of carbonyl (C=O) groups excluding carboxylic acids is 2. The van der Waals surface area contributed by atoms with Crippen LogP contribution in [0, 0.1) is 18.8 Å². The number of nitrogens with one attached hydrogen (secondary N) is 2. The van der Waals surface area contributed by atoms with Crippen molar-refractivity contribution >= 4 is 28.2 Å². The molecule has 3 heterocycles. The molecule has 0 saturated heterocycles. The lowest BCUT2D eigenvalue weighted by molar-refractivity contribution is -0.118. The van der Waals surface area contributed by atoms with Crippen molar-refractivity contribution in [3.63, 3.8) is 0 Å². The molecule has 9 nitrogen and oxygen atoms in total. The van der Waals surface area contributed by atoms with Crippen molar-refractivity contribution in [2.24, 2.45) is 0 Å². The van der Waals surface area contributed by atoms with Crippen molar-refractivity contribution in [3.05, 3.63) is 106 Å². The van der Waals surface area contributed by atoms with Crippen LogP contribution in [0.25, 0.3) is 22.1 Å². The summed E-state index contributed by atoms with van der Waals surface area (Å²) in [6, 6.07) is 16.1. The monoisotopic (exact) mass is 518 g/mol. The van der Waals surface area contributed by atoms with Crippen LogP contribution < -0.4 is 16.2 Å². The molecule has 0 radical (unpaired) electrons. The van der Waals surface area contributed by atoms with E-state index in [9.17, 15) is 14.4 Å². The Morgan fingerprint density at radius 2 is 1.87 bits per heavy atom. The fourth-order valence-corrected chi connectivity index (χ4v) is 4.54. The van der Waals surface area contributed by atoms with Crippen LogP contribution >= 0.6 is 0 Å². The molecule has 9 heteroatoms. The van der Waals surface area contributed by atoms with E-state index in [1.165, 1.54) is 6.92 Å². The van der Waals surface area contributed by atoms with E-state index in [1.54, 1.807) is 40.7 Å². The molecule has 5 aromatic rings. The molecule has 0 aliphatic carbocycles. The number of pyridine rings is 1. The fourth-order valence-electron chi connectivity index (χ4n) is 4.54. The molecule has 0 bridgehead atoms. The molecule has 2 amide bonds. The number of imidazole rings is 1. The van der Waals surface area contributed by atoms with Gasteiger partial charge in [0.05, 0.1) is 23.7 Å². The summed E-state index contributed by atoms with van der Waals surface area (Å²) in [4.78, 5) is 47.4. The summed E-state index contributed by atoms with van der Waals surface area (Å²) >= 11 is 0. The zero-order valence-corrected chi connectivity index (χ0v) is 21.7. The molecule has 5 rings (SSSR count). The normalized spacial score (nSPS) is 11.6. The minimum atomic E-state index is -0.543. The summed E-state index contributed by atoms with van der Waals surface area (Å²) in [5.41, 5.74) is 3.01. The van der Waals surface area contributed by atoms with Gasteiger partial charge < -0.3 is 10.6 Å². The SMILES string of the molecule is CC(=O)NCC#Cc1cccc2cc(C(C)NC(=O)c3c(C)ncn4ccnc34)n(-c3ccccc3)c(=O)c12. The average Bonchev–Trinajstić information content (AvgIpc) is 3.39. The predicted molar refractivity (Wildman–Crippen MR) is 149 cm³/mol. The van der Waals surface area contributed by atoms with E-state index in [0.717, 1.165) is 0 Å². The first-order chi connectivity index (χ1) is 18.8. The molecule has 1 unspecified atom stereocenters. The zero-order chi connectivity index (χ0) is 27.5. The van der Waals surface area contributed by atoms with Gasteiger partial charge >= 0.3 is 0 Å². The van der Waals surface area contributed by atoms with Gasteiger partial charge in [-0.05, 0) is 43.5 Å². The van der Waals surface area contributed by atoms with Crippen LogP contribution in [0.3, 0.4) is 0 Å². The van der Waals surface area contributed by atoms with Crippen LogP contribution in [0.2, 0.25) is 0 Å². The number of benzene rings is 2. The van der Waals surface area contributed by atoms with Gasteiger partial charge in [0.25, 0.3) is 11.5 Å². The van der Waals surface area contributed by atoms with E-state index < -0.39 is 6.04 Å². The maximum Gasteiger partial charge on any atom is 0.264 e. The van der Waals surface area contributed by atoms with E-state index in [0.29, 0.717) is 44.6 Å². The van der Waals surface area contributed by atoms with Crippen LogP contribution in [-0.2, 0) is 4.79 Å². The van der Waals surface area contributed by atoms with Crippen molar-refractivity contribution in [2.45, 2.75) is 26.8 Å². The number of rotatable bonds is 5. The maximum atomic E-state index is 14.1. The third kappa shape index (κ3) is 5.00. The average molecular weight is 519 g/mol. The molecule has 0 fully saturated rings. The first-order valence-corrected chi connectivity index (χ1v) is 12.4. The quantitative estimate of drug-likeness (QED) is 0.347. The summed E-state index contributed by atoms with van der Waals surface area (Å²) in [5, 5.41) is 6.84. The largest absolute Gasteiger partial charge is 0.345 e. The minimum Gasteiger partial charge on any atom is -0.345 e. The second-order valence-corrected chi connectivity index (χ2v) is 9.08. The highest BCUT2D eigenvalue weighted by Crippen LogP contribution is 2.24. The molecule has 194 valence electrons. The third-order valence-electron chi connectivity index (χ3n) is 6.39. The molecule has 1 atom stereocenters. The third-order valence-corrected chi connectivity index (χ3v) is 6.39. The second kappa shape index (κ2) is 10.6. The maximum absolute atomic E-state index is 14.1. The molecule has 3 aromatic heterocycles. The number of para-hydroxylation sites is 1. The van der Waals surface area contributed by atoms with Crippen molar-refractivity contribution in [3.8, 4) is 17.5 Å². The Morgan fingerprint density at radius 1 is 1.08 bits per heavy atom. The van der Waals surface area contributed by atoms with E-state index >= 15 is 0 Å². The van der Waals surface area contributed by atoms with Crippen molar-refractivity contribution in [2.75, 3.05) is 6.54 Å². The first kappa shape index (κ1) is 25.4. The Balaban J connectivity index is 1.62. The number of nitrogens with zero attached hydrogens (tertiary/aromatic N) is 4. The molecular formula is C30H26N6O3. The summed E-state index contributed by atoms with van der Waals surface area (Å²) < 4.78 is 3.30. The number of fused-ring (bicyclic) bond motifs is 2. The van der Waals surface area contributed by atoms with Crippen LogP contribution in [0.4, 0.5) is 0 Å². The van der Waals surface area contributed by atoms with Crippen molar-refractivity contribution < 1.29 is 9.59 Å². The highest BCUT2D eigenvalue weighted by Gasteiger charge is 2.22. The van der Waals surface area contributed by atoms with Crippen LogP contribution in [0.5, 0.6) is 0 Å². The van der Waals surface area contributed by atoms with Gasteiger partial charge in [0, 0.05) is 36.3 Å². The van der Waals surface area contributed by atoms with Crippen LogP contribution in [0.1, 0.15) is 47.2 Å². The Bertz CT molecular complexity index is 1840. The molecule has 0 spiro atoms. The lowest BCUT2D eigenvalue weighted by Crippen LogP contribution is -2.33. The van der Waals surface area contributed by atoms with Gasteiger partial charge in [0.2, 0.25) is 5.91 Å². The fraction of sp³-hybridized carbons (Fsp3) is 0.167. The highest BCUT2D eigenvalue weighted by molar-refractivity contribution is 6.01. The van der Waals surface area contributed by atoms with Gasteiger partial charge in [-0.25, -0.2) is 9.97 Å². The first-order valence-electron chi connectivity index (χ1n) is 12.4. The number of carbonyl (C=O) groups is 2. The molecule has 39 heavy (non-hydrogen) atoms. The standard InChI is InChI=1S/C30H26N6O3/c1-19(34-29(38)26-20(2)33-18-35-16-15-32-28(26)35)25-17-23-10-7-9-22(11-8-14-31-21(3)37)27(23)30(39)36(25)24-12-5-4-6-13-24/h4-7,9-10,12-13,15-19H,14H2,1-3H3,(H,31,37)(H,34,38). The lowest BCUT2D eigenvalue weighted by Gasteiger charge is -2.21. The Labute approximate surface area is 224 Å². The van der Waals surface area contributed by atoms with Gasteiger partial charge in [-0.1, -0.05) is 42.2 Å². The topological polar surface area (TPSA) is 110 Å². The predicted octanol–water partition coefficient (Wildman–Crippen LogP) is 3.32. The molecule has 2 aromatic carbocycles. The summed E-state index contributed by atoms with van der Waals surface area (Å²) in [6.07, 6.45) is 4.96. The minimum absolute atomic E-state index is 0.177. The molecule has 0 aliphatic rings. The molecule has 2 N–H and O–H groups in total. The number of hydrogen-bond donors (Lipinski definition) is 2. The van der Waals surface area contributed by atoms with Crippen LogP contribution in [-0.4, -0.2) is 37.3 Å². The Hall–Kier alpha value is -5.23. The Morgan fingerprint density at radius 3 is 2.64 bits per heavy atom. The Kier molecular flexibility index (Phi) is 6.93. The van der Waals surface area contributed by atoms with Crippen molar-refractivity contribution in [1.82, 2.24) is 29.6 Å². The molecular weight excluding hydrogens is 492 g/mol. The van der Waals surface area contributed by atoms with Gasteiger partial charge in [0.1, 0.15) is 11.9 Å². The molecule has 0 aliphatic heterocycles. The number of aromatic nitrogens is 4. The zero-order valence-electron chi connectivity index (χ0n) is 21.7. The molecule has 0 saturated carbocycles. The van der Waals surface area contributed by atoms with Crippen LogP contribution in [0.15, 0.2) is 78.1 Å². The van der Waals surface area contributed by atoms with Gasteiger partial charge in [-0.15, -0.1) is 0 Å². The van der Waals surface area contributed by atoms with E-state index in [4.69, 9.17) is 0 Å². The number of hydrogen-bond acceptors (Lipinski definition) is 5. The van der Waals surface area contributed by atoms with E-state index in [-0.39, 0.29) is 23.9 Å². The number of amides is 2. The highest BCUT2D eigenvalue weighted by atomic mass is 16.2. The summed E-state index contributed by atoms with van der Waals surface area (Å²) in [6.45, 7) is 5.20. The van der Waals surface area contributed by atoms with Gasteiger partial charge in [-0.3, -0.25) is 23.4 Å².